The van der Waals surface area contributed by atoms with Crippen LogP contribution in [0.2, 0.25) is 0 Å². The van der Waals surface area contributed by atoms with Crippen molar-refractivity contribution in [1.82, 2.24) is 19.6 Å². The lowest BCUT2D eigenvalue weighted by atomic mass is 10.2. The average Bonchev–Trinajstić information content (AvgIpc) is 2.73. The fraction of sp³-hybridized carbons (Fsp3) is 0.462. The third kappa shape index (κ3) is 3.09. The molecule has 0 radical (unpaired) electrons. The van der Waals surface area contributed by atoms with E-state index in [9.17, 15) is 4.79 Å². The SMILES string of the molecule is CCCn1ncc(NCc2cn(C)nc2C)c(Br)c1=O. The molecule has 0 aromatic carbocycles. The first-order chi connectivity index (χ1) is 9.52. The topological polar surface area (TPSA) is 64.7 Å². The summed E-state index contributed by atoms with van der Waals surface area (Å²) in [7, 11) is 1.89. The van der Waals surface area contributed by atoms with Crippen molar-refractivity contribution in [2.75, 3.05) is 5.32 Å². The summed E-state index contributed by atoms with van der Waals surface area (Å²) in [6, 6.07) is 0. The van der Waals surface area contributed by atoms with Gasteiger partial charge >= 0.3 is 0 Å². The number of hydrogen-bond acceptors (Lipinski definition) is 4. The third-order valence-electron chi connectivity index (χ3n) is 3.00. The molecular weight excluding hydrogens is 322 g/mol. The monoisotopic (exact) mass is 339 g/mol. The van der Waals surface area contributed by atoms with Crippen molar-refractivity contribution in [3.63, 3.8) is 0 Å². The highest BCUT2D eigenvalue weighted by molar-refractivity contribution is 9.10. The van der Waals surface area contributed by atoms with Gasteiger partial charge in [-0.3, -0.25) is 9.48 Å². The Kier molecular flexibility index (Phi) is 4.59. The molecule has 0 aliphatic rings. The maximum Gasteiger partial charge on any atom is 0.283 e. The molecule has 0 atom stereocenters. The molecule has 0 aliphatic carbocycles. The molecule has 2 rings (SSSR count). The minimum Gasteiger partial charge on any atom is -0.378 e. The third-order valence-corrected chi connectivity index (χ3v) is 3.77. The van der Waals surface area contributed by atoms with E-state index in [0.717, 1.165) is 17.7 Å². The minimum atomic E-state index is -0.111. The molecule has 0 saturated heterocycles. The normalized spacial score (nSPS) is 10.8. The quantitative estimate of drug-likeness (QED) is 0.905. The van der Waals surface area contributed by atoms with Gasteiger partial charge in [-0.2, -0.15) is 10.2 Å². The number of rotatable bonds is 5. The molecule has 20 heavy (non-hydrogen) atoms. The number of halogens is 1. The van der Waals surface area contributed by atoms with Crippen molar-refractivity contribution in [3.05, 3.63) is 38.5 Å². The van der Waals surface area contributed by atoms with Crippen molar-refractivity contribution in [1.29, 1.82) is 0 Å². The molecule has 1 N–H and O–H groups in total. The summed E-state index contributed by atoms with van der Waals surface area (Å²) in [6.07, 6.45) is 4.51. The summed E-state index contributed by atoms with van der Waals surface area (Å²) in [5.41, 5.74) is 2.66. The number of aryl methyl sites for hydroxylation is 3. The number of aromatic nitrogens is 4. The van der Waals surface area contributed by atoms with Gasteiger partial charge in [0.15, 0.2) is 0 Å². The molecule has 0 saturated carbocycles. The Morgan fingerprint density at radius 2 is 2.20 bits per heavy atom. The lowest BCUT2D eigenvalue weighted by molar-refractivity contribution is 0.566. The fourth-order valence-corrected chi connectivity index (χ4v) is 2.42. The van der Waals surface area contributed by atoms with Gasteiger partial charge in [-0.05, 0) is 29.3 Å². The molecular formula is C13H18BrN5O. The van der Waals surface area contributed by atoms with Crippen molar-refractivity contribution < 1.29 is 0 Å². The zero-order valence-electron chi connectivity index (χ0n) is 11.9. The Bertz CT molecular complexity index is 661. The molecule has 2 heterocycles. The van der Waals surface area contributed by atoms with Gasteiger partial charge in [-0.25, -0.2) is 4.68 Å². The molecule has 0 amide bonds. The second-order valence-corrected chi connectivity index (χ2v) is 5.46. The standard InChI is InChI=1S/C13H18BrN5O/c1-4-5-19-13(20)12(14)11(7-16-19)15-6-10-8-18(3)17-9(10)2/h7-8,15H,4-6H2,1-3H3. The zero-order valence-corrected chi connectivity index (χ0v) is 13.4. The lowest BCUT2D eigenvalue weighted by Crippen LogP contribution is -2.24. The van der Waals surface area contributed by atoms with Crippen LogP contribution in [0.3, 0.4) is 0 Å². The molecule has 2 aromatic rings. The highest BCUT2D eigenvalue weighted by atomic mass is 79.9. The molecule has 0 spiro atoms. The van der Waals surface area contributed by atoms with Gasteiger partial charge in [-0.1, -0.05) is 6.92 Å². The highest BCUT2D eigenvalue weighted by Crippen LogP contribution is 2.17. The Morgan fingerprint density at radius 1 is 1.45 bits per heavy atom. The minimum absolute atomic E-state index is 0.111. The van der Waals surface area contributed by atoms with Crippen LogP contribution in [0.25, 0.3) is 0 Å². The molecule has 2 aromatic heterocycles. The lowest BCUT2D eigenvalue weighted by Gasteiger charge is -2.09. The summed E-state index contributed by atoms with van der Waals surface area (Å²) in [5, 5.41) is 11.7. The van der Waals surface area contributed by atoms with Gasteiger partial charge in [0.25, 0.3) is 5.56 Å². The fourth-order valence-electron chi connectivity index (χ4n) is 1.97. The highest BCUT2D eigenvalue weighted by Gasteiger charge is 2.09. The van der Waals surface area contributed by atoms with Crippen LogP contribution in [-0.4, -0.2) is 19.6 Å². The van der Waals surface area contributed by atoms with Crippen molar-refractivity contribution in [2.24, 2.45) is 7.05 Å². The Labute approximate surface area is 125 Å². The van der Waals surface area contributed by atoms with Crippen LogP contribution in [0, 0.1) is 6.92 Å². The van der Waals surface area contributed by atoms with Gasteiger partial charge in [0.1, 0.15) is 4.47 Å². The van der Waals surface area contributed by atoms with Crippen LogP contribution in [0.5, 0.6) is 0 Å². The first kappa shape index (κ1) is 14.8. The zero-order chi connectivity index (χ0) is 14.7. The smallest absolute Gasteiger partial charge is 0.283 e. The summed E-state index contributed by atoms with van der Waals surface area (Å²) in [6.45, 7) is 5.21. The van der Waals surface area contributed by atoms with E-state index in [1.807, 2.05) is 27.1 Å². The number of nitrogens with one attached hydrogen (secondary N) is 1. The summed E-state index contributed by atoms with van der Waals surface area (Å²) in [4.78, 5) is 12.1. The van der Waals surface area contributed by atoms with Gasteiger partial charge < -0.3 is 5.32 Å². The van der Waals surface area contributed by atoms with E-state index in [1.165, 1.54) is 4.68 Å². The summed E-state index contributed by atoms with van der Waals surface area (Å²) < 4.78 is 3.76. The van der Waals surface area contributed by atoms with E-state index in [4.69, 9.17) is 0 Å². The van der Waals surface area contributed by atoms with E-state index in [2.05, 4.69) is 31.4 Å². The predicted octanol–water partition coefficient (Wildman–Crippen LogP) is 2.07. The van der Waals surface area contributed by atoms with Gasteiger partial charge in [-0.15, -0.1) is 0 Å². The molecule has 0 aliphatic heterocycles. The van der Waals surface area contributed by atoms with E-state index in [0.29, 0.717) is 23.2 Å². The van der Waals surface area contributed by atoms with Crippen LogP contribution in [0.1, 0.15) is 24.6 Å². The largest absolute Gasteiger partial charge is 0.378 e. The molecule has 6 nitrogen and oxygen atoms in total. The van der Waals surface area contributed by atoms with Gasteiger partial charge in [0.05, 0.1) is 17.6 Å². The van der Waals surface area contributed by atoms with E-state index in [-0.39, 0.29) is 5.56 Å². The van der Waals surface area contributed by atoms with E-state index >= 15 is 0 Å². The van der Waals surface area contributed by atoms with Crippen molar-refractivity contribution in [3.8, 4) is 0 Å². The van der Waals surface area contributed by atoms with Crippen LogP contribution < -0.4 is 10.9 Å². The molecule has 7 heteroatoms. The van der Waals surface area contributed by atoms with Crippen LogP contribution in [0.15, 0.2) is 21.7 Å². The Hall–Kier alpha value is -1.63. The first-order valence-corrected chi connectivity index (χ1v) is 7.30. The summed E-state index contributed by atoms with van der Waals surface area (Å²) >= 11 is 3.34. The maximum absolute atomic E-state index is 12.1. The van der Waals surface area contributed by atoms with Gasteiger partial charge in [0, 0.05) is 31.9 Å². The average molecular weight is 340 g/mol. The number of nitrogens with zero attached hydrogens (tertiary/aromatic N) is 4. The molecule has 108 valence electrons. The second kappa shape index (κ2) is 6.21. The molecule has 0 bridgehead atoms. The van der Waals surface area contributed by atoms with Crippen molar-refractivity contribution >= 4 is 21.6 Å². The van der Waals surface area contributed by atoms with Crippen molar-refractivity contribution in [2.45, 2.75) is 33.4 Å². The molecule has 0 unspecified atom stereocenters. The van der Waals surface area contributed by atoms with E-state index in [1.54, 1.807) is 10.9 Å². The second-order valence-electron chi connectivity index (χ2n) is 4.67. The van der Waals surface area contributed by atoms with E-state index < -0.39 is 0 Å². The number of hydrogen-bond donors (Lipinski definition) is 1. The number of anilines is 1. The van der Waals surface area contributed by atoms with Crippen LogP contribution in [-0.2, 0) is 20.1 Å². The molecule has 0 fully saturated rings. The Morgan fingerprint density at radius 3 is 2.80 bits per heavy atom. The van der Waals surface area contributed by atoms with Gasteiger partial charge in [0.2, 0.25) is 0 Å². The van der Waals surface area contributed by atoms with Crippen LogP contribution >= 0.6 is 15.9 Å². The van der Waals surface area contributed by atoms with Crippen LogP contribution in [0.4, 0.5) is 5.69 Å². The maximum atomic E-state index is 12.1. The summed E-state index contributed by atoms with van der Waals surface area (Å²) in [5.74, 6) is 0. The first-order valence-electron chi connectivity index (χ1n) is 6.51. The predicted molar refractivity (Wildman–Crippen MR) is 81.8 cm³/mol. The Balaban J connectivity index is 2.16.